The highest BCUT2D eigenvalue weighted by Crippen LogP contribution is 2.38. The van der Waals surface area contributed by atoms with Gasteiger partial charge in [0.2, 0.25) is 0 Å². The second-order valence-corrected chi connectivity index (χ2v) is 7.50. The maximum atomic E-state index is 13.0. The third kappa shape index (κ3) is 3.39. The molecule has 2 aromatic heterocycles. The highest BCUT2D eigenvalue weighted by molar-refractivity contribution is 5.97. The molecule has 0 unspecified atom stereocenters. The first-order valence-corrected chi connectivity index (χ1v) is 10.2. The number of nitrogens with zero attached hydrogens (tertiary/aromatic N) is 6. The Hall–Kier alpha value is -3.16. The van der Waals surface area contributed by atoms with Gasteiger partial charge in [-0.2, -0.15) is 4.52 Å². The molecule has 1 saturated heterocycles. The topological polar surface area (TPSA) is 75.9 Å². The Morgan fingerprint density at radius 3 is 2.62 bits per heavy atom. The van der Waals surface area contributed by atoms with Crippen LogP contribution >= 0.6 is 0 Å². The smallest absolute Gasteiger partial charge is 0.257 e. The van der Waals surface area contributed by atoms with E-state index in [0.717, 1.165) is 43.2 Å². The van der Waals surface area contributed by atoms with Crippen molar-refractivity contribution in [3.63, 3.8) is 0 Å². The summed E-state index contributed by atoms with van der Waals surface area (Å²) in [6, 6.07) is 11.4. The average Bonchev–Trinajstić information content (AvgIpc) is 3.52. The summed E-state index contributed by atoms with van der Waals surface area (Å²) in [5.74, 6) is 3.03. The quantitative estimate of drug-likeness (QED) is 0.664. The van der Waals surface area contributed by atoms with Crippen molar-refractivity contribution >= 4 is 17.4 Å². The number of piperazine rings is 1. The van der Waals surface area contributed by atoms with Gasteiger partial charge in [0.15, 0.2) is 11.5 Å². The van der Waals surface area contributed by atoms with Crippen LogP contribution in [0.1, 0.15) is 41.9 Å². The van der Waals surface area contributed by atoms with E-state index in [4.69, 9.17) is 9.84 Å². The zero-order valence-electron chi connectivity index (χ0n) is 16.5. The van der Waals surface area contributed by atoms with Gasteiger partial charge in [0, 0.05) is 32.1 Å². The number of fused-ring (bicyclic) bond motifs is 1. The molecule has 2 aliphatic rings. The van der Waals surface area contributed by atoms with E-state index in [2.05, 4.69) is 15.1 Å². The van der Waals surface area contributed by atoms with Crippen molar-refractivity contribution in [3.05, 3.63) is 47.8 Å². The lowest BCUT2D eigenvalue weighted by atomic mass is 10.1. The minimum absolute atomic E-state index is 0.0203. The van der Waals surface area contributed by atoms with Crippen LogP contribution < -0.4 is 9.64 Å². The van der Waals surface area contributed by atoms with Crippen molar-refractivity contribution < 1.29 is 9.53 Å². The van der Waals surface area contributed by atoms with E-state index in [-0.39, 0.29) is 5.91 Å². The number of ether oxygens (including phenoxy) is 1. The molecule has 8 nitrogen and oxygen atoms in total. The van der Waals surface area contributed by atoms with E-state index in [1.807, 2.05) is 52.7 Å². The summed E-state index contributed by atoms with van der Waals surface area (Å²) in [4.78, 5) is 17.1. The number of aromatic nitrogens is 4. The molecule has 0 atom stereocenters. The second kappa shape index (κ2) is 7.35. The predicted molar refractivity (Wildman–Crippen MR) is 108 cm³/mol. The Morgan fingerprint density at radius 2 is 1.86 bits per heavy atom. The molecular formula is C21H24N6O2. The molecule has 8 heteroatoms. The fraction of sp³-hybridized carbons (Fsp3) is 0.429. The van der Waals surface area contributed by atoms with Crippen LogP contribution in [0, 0.1) is 0 Å². The van der Waals surface area contributed by atoms with Crippen LogP contribution in [-0.4, -0.2) is 63.4 Å². The van der Waals surface area contributed by atoms with Crippen LogP contribution in [0.25, 0.3) is 5.65 Å². The minimum Gasteiger partial charge on any atom is -0.493 e. The van der Waals surface area contributed by atoms with Crippen molar-refractivity contribution in [2.45, 2.75) is 25.7 Å². The number of hydrogen-bond acceptors (Lipinski definition) is 6. The van der Waals surface area contributed by atoms with Gasteiger partial charge in [0.05, 0.1) is 12.2 Å². The lowest BCUT2D eigenvalue weighted by molar-refractivity contribution is 0.0742. The van der Waals surface area contributed by atoms with Gasteiger partial charge in [-0.15, -0.1) is 15.3 Å². The molecule has 1 amide bonds. The number of amides is 1. The van der Waals surface area contributed by atoms with E-state index in [1.54, 1.807) is 0 Å². The number of carbonyl (C=O) groups excluding carboxylic acids is 1. The molecule has 0 radical (unpaired) electrons. The third-order valence-electron chi connectivity index (χ3n) is 5.52. The highest BCUT2D eigenvalue weighted by atomic mass is 16.5. The SMILES string of the molecule is CCOc1ccccc1C(=O)N1CCN(c2ccc3nnc(C4CC4)n3n2)CC1. The van der Waals surface area contributed by atoms with Gasteiger partial charge in [-0.25, -0.2) is 0 Å². The fourth-order valence-corrected chi connectivity index (χ4v) is 3.79. The lowest BCUT2D eigenvalue weighted by Crippen LogP contribution is -2.49. The largest absolute Gasteiger partial charge is 0.493 e. The van der Waals surface area contributed by atoms with Crippen LogP contribution in [0.4, 0.5) is 5.82 Å². The average molecular weight is 392 g/mol. The second-order valence-electron chi connectivity index (χ2n) is 7.50. The summed E-state index contributed by atoms with van der Waals surface area (Å²) in [6.07, 6.45) is 2.33. The summed E-state index contributed by atoms with van der Waals surface area (Å²) >= 11 is 0. The molecule has 29 heavy (non-hydrogen) atoms. The van der Waals surface area contributed by atoms with Crippen molar-refractivity contribution in [2.75, 3.05) is 37.7 Å². The summed E-state index contributed by atoms with van der Waals surface area (Å²) in [5, 5.41) is 13.3. The lowest BCUT2D eigenvalue weighted by Gasteiger charge is -2.35. The molecule has 1 saturated carbocycles. The van der Waals surface area contributed by atoms with E-state index >= 15 is 0 Å². The van der Waals surface area contributed by atoms with Crippen molar-refractivity contribution in [1.82, 2.24) is 24.7 Å². The van der Waals surface area contributed by atoms with E-state index in [9.17, 15) is 4.79 Å². The van der Waals surface area contributed by atoms with Gasteiger partial charge >= 0.3 is 0 Å². The fourth-order valence-electron chi connectivity index (χ4n) is 3.79. The van der Waals surface area contributed by atoms with Gasteiger partial charge in [-0.1, -0.05) is 12.1 Å². The summed E-state index contributed by atoms with van der Waals surface area (Å²) in [5.41, 5.74) is 1.41. The maximum Gasteiger partial charge on any atom is 0.257 e. The third-order valence-corrected chi connectivity index (χ3v) is 5.52. The van der Waals surface area contributed by atoms with Crippen LogP contribution in [0.5, 0.6) is 5.75 Å². The van der Waals surface area contributed by atoms with Crippen LogP contribution in [0.15, 0.2) is 36.4 Å². The van der Waals surface area contributed by atoms with Crippen molar-refractivity contribution in [3.8, 4) is 5.75 Å². The molecule has 3 aromatic rings. The first kappa shape index (κ1) is 17.9. The van der Waals surface area contributed by atoms with E-state index in [0.29, 0.717) is 36.9 Å². The molecule has 3 heterocycles. The number of benzene rings is 1. The first-order valence-electron chi connectivity index (χ1n) is 10.2. The van der Waals surface area contributed by atoms with Gasteiger partial charge in [0.1, 0.15) is 11.6 Å². The summed E-state index contributed by atoms with van der Waals surface area (Å²) in [6.45, 7) is 5.24. The normalized spacial score (nSPS) is 17.0. The van der Waals surface area contributed by atoms with Gasteiger partial charge in [0.25, 0.3) is 5.91 Å². The van der Waals surface area contributed by atoms with E-state index in [1.165, 1.54) is 0 Å². The molecule has 0 spiro atoms. The number of anilines is 1. The van der Waals surface area contributed by atoms with Crippen LogP contribution in [0.2, 0.25) is 0 Å². The molecule has 5 rings (SSSR count). The van der Waals surface area contributed by atoms with Crippen molar-refractivity contribution in [1.29, 1.82) is 0 Å². The molecule has 0 N–H and O–H groups in total. The Bertz CT molecular complexity index is 1040. The van der Waals surface area contributed by atoms with Gasteiger partial charge < -0.3 is 14.5 Å². The Morgan fingerprint density at radius 1 is 1.07 bits per heavy atom. The minimum atomic E-state index is 0.0203. The van der Waals surface area contributed by atoms with Crippen LogP contribution in [0.3, 0.4) is 0 Å². The van der Waals surface area contributed by atoms with Gasteiger partial charge in [-0.3, -0.25) is 4.79 Å². The zero-order chi connectivity index (χ0) is 19.8. The number of para-hydroxylation sites is 1. The number of hydrogen-bond donors (Lipinski definition) is 0. The predicted octanol–water partition coefficient (Wildman–Crippen LogP) is 2.36. The molecule has 1 aliphatic carbocycles. The molecular weight excluding hydrogens is 368 g/mol. The molecule has 150 valence electrons. The van der Waals surface area contributed by atoms with E-state index < -0.39 is 0 Å². The standard InChI is InChI=1S/C21H24N6O2/c1-2-29-17-6-4-3-5-16(17)21(28)26-13-11-25(12-14-26)19-10-9-18-22-23-20(15-7-8-15)27(18)24-19/h3-6,9-10,15H,2,7-8,11-14H2,1H3. The maximum absolute atomic E-state index is 13.0. The van der Waals surface area contributed by atoms with Crippen molar-refractivity contribution in [2.24, 2.45) is 0 Å². The van der Waals surface area contributed by atoms with Gasteiger partial charge in [-0.05, 0) is 44.0 Å². The zero-order valence-corrected chi connectivity index (χ0v) is 16.5. The Balaban J connectivity index is 1.30. The molecule has 0 bridgehead atoms. The molecule has 2 fully saturated rings. The van der Waals surface area contributed by atoms with Crippen LogP contribution in [-0.2, 0) is 0 Å². The first-order chi connectivity index (χ1) is 14.2. The Labute approximate surface area is 169 Å². The monoisotopic (exact) mass is 392 g/mol. The molecule has 1 aliphatic heterocycles. The number of carbonyl (C=O) groups is 1. The summed E-state index contributed by atoms with van der Waals surface area (Å²) < 4.78 is 7.50. The number of rotatable bonds is 5. The highest BCUT2D eigenvalue weighted by Gasteiger charge is 2.30. The summed E-state index contributed by atoms with van der Waals surface area (Å²) in [7, 11) is 0. The Kier molecular flexibility index (Phi) is 4.54. The molecule has 1 aromatic carbocycles.